The Morgan fingerprint density at radius 3 is 2.60 bits per heavy atom. The quantitative estimate of drug-likeness (QED) is 0.641. The molecule has 1 aromatic carbocycles. The highest BCUT2D eigenvalue weighted by molar-refractivity contribution is 7.53. The number of para-hydroxylation sites is 1. The molecule has 0 aliphatic carbocycles. The summed E-state index contributed by atoms with van der Waals surface area (Å²) in [4.78, 5) is 9.80. The third-order valence-corrected chi connectivity index (χ3v) is 4.40. The van der Waals surface area contributed by atoms with Crippen LogP contribution < -0.4 is 9.84 Å². The second kappa shape index (κ2) is 9.17. The van der Waals surface area contributed by atoms with Crippen molar-refractivity contribution in [3.63, 3.8) is 0 Å². The van der Waals surface area contributed by atoms with Crippen LogP contribution in [0.1, 0.15) is 39.5 Å². The standard InChI is InChI=1S/C15H26NO3P/c1-3-5-9-14(4-2)12-16-13-20(17,18)19-15-10-7-6-8-11-15/h6-8,10-11,14,16H,3-5,9,12-13H2,1-2H3,(H,17,18). The van der Waals surface area contributed by atoms with Gasteiger partial charge in [-0.2, -0.15) is 0 Å². The van der Waals surface area contributed by atoms with Crippen LogP contribution in [0.3, 0.4) is 0 Å². The smallest absolute Gasteiger partial charge is 0.390 e. The third kappa shape index (κ3) is 7.09. The average Bonchev–Trinajstić information content (AvgIpc) is 2.43. The maximum atomic E-state index is 11.9. The molecule has 0 aliphatic rings. The van der Waals surface area contributed by atoms with Crippen LogP contribution in [0.5, 0.6) is 5.75 Å². The zero-order valence-corrected chi connectivity index (χ0v) is 13.3. The van der Waals surface area contributed by atoms with Gasteiger partial charge in [0.1, 0.15) is 12.0 Å². The van der Waals surface area contributed by atoms with E-state index in [1.807, 2.05) is 6.07 Å². The summed E-state index contributed by atoms with van der Waals surface area (Å²) in [5.74, 6) is 0.991. The van der Waals surface area contributed by atoms with Crippen molar-refractivity contribution in [2.75, 3.05) is 12.8 Å². The Balaban J connectivity index is 2.33. The molecule has 114 valence electrons. The lowest BCUT2D eigenvalue weighted by Gasteiger charge is -2.18. The fourth-order valence-electron chi connectivity index (χ4n) is 2.03. The highest BCUT2D eigenvalue weighted by atomic mass is 31.2. The summed E-state index contributed by atoms with van der Waals surface area (Å²) >= 11 is 0. The van der Waals surface area contributed by atoms with Crippen molar-refractivity contribution in [1.82, 2.24) is 5.32 Å². The van der Waals surface area contributed by atoms with Crippen LogP contribution in [0.4, 0.5) is 0 Å². The molecule has 0 bridgehead atoms. The van der Waals surface area contributed by atoms with Crippen molar-refractivity contribution in [2.24, 2.45) is 5.92 Å². The maximum Gasteiger partial charge on any atom is 0.390 e. The van der Waals surface area contributed by atoms with Gasteiger partial charge < -0.3 is 14.7 Å². The molecule has 1 aromatic rings. The van der Waals surface area contributed by atoms with E-state index in [9.17, 15) is 9.46 Å². The molecule has 4 nitrogen and oxygen atoms in total. The number of nitrogens with one attached hydrogen (secondary N) is 1. The lowest BCUT2D eigenvalue weighted by Crippen LogP contribution is -2.24. The molecule has 0 amide bonds. The molecule has 2 unspecified atom stereocenters. The summed E-state index contributed by atoms with van der Waals surface area (Å²) in [6, 6.07) is 8.76. The van der Waals surface area contributed by atoms with E-state index in [-0.39, 0.29) is 6.29 Å². The van der Waals surface area contributed by atoms with E-state index >= 15 is 0 Å². The van der Waals surface area contributed by atoms with E-state index in [1.165, 1.54) is 12.8 Å². The van der Waals surface area contributed by atoms with E-state index in [0.29, 0.717) is 11.7 Å². The molecule has 0 heterocycles. The van der Waals surface area contributed by atoms with Gasteiger partial charge in [-0.25, -0.2) is 4.57 Å². The largest absolute Gasteiger partial charge is 0.424 e. The molecule has 0 aromatic heterocycles. The molecule has 0 saturated carbocycles. The van der Waals surface area contributed by atoms with Crippen molar-refractivity contribution < 1.29 is 14.0 Å². The van der Waals surface area contributed by atoms with Crippen molar-refractivity contribution in [3.05, 3.63) is 30.3 Å². The number of benzene rings is 1. The molecule has 0 fully saturated rings. The third-order valence-electron chi connectivity index (χ3n) is 3.28. The van der Waals surface area contributed by atoms with Gasteiger partial charge in [0.15, 0.2) is 0 Å². The van der Waals surface area contributed by atoms with E-state index in [4.69, 9.17) is 4.52 Å². The fourth-order valence-corrected chi connectivity index (χ4v) is 2.96. The summed E-state index contributed by atoms with van der Waals surface area (Å²) in [6.45, 7) is 5.09. The van der Waals surface area contributed by atoms with Crippen LogP contribution in [0, 0.1) is 5.92 Å². The predicted octanol–water partition coefficient (Wildman–Crippen LogP) is 4.01. The molecule has 2 atom stereocenters. The average molecular weight is 299 g/mol. The number of unbranched alkanes of at least 4 members (excludes halogenated alkanes) is 1. The summed E-state index contributed by atoms with van der Waals surface area (Å²) in [7, 11) is -3.62. The first-order valence-electron chi connectivity index (χ1n) is 7.34. The zero-order chi connectivity index (χ0) is 14.8. The van der Waals surface area contributed by atoms with Gasteiger partial charge in [0.05, 0.1) is 0 Å². The molecular formula is C15H26NO3P. The topological polar surface area (TPSA) is 58.6 Å². The number of rotatable bonds is 10. The molecule has 0 aliphatic heterocycles. The molecule has 20 heavy (non-hydrogen) atoms. The Kier molecular flexibility index (Phi) is 7.90. The van der Waals surface area contributed by atoms with Gasteiger partial charge in [-0.15, -0.1) is 0 Å². The normalized spacial score (nSPS) is 15.6. The Morgan fingerprint density at radius 1 is 1.30 bits per heavy atom. The van der Waals surface area contributed by atoms with Crippen LogP contribution in [0.2, 0.25) is 0 Å². The lowest BCUT2D eigenvalue weighted by molar-refractivity contribution is 0.366. The molecule has 5 heteroatoms. The second-order valence-corrected chi connectivity index (χ2v) is 6.84. The Labute approximate surface area is 122 Å². The van der Waals surface area contributed by atoms with Crippen LogP contribution in [-0.4, -0.2) is 17.7 Å². The molecule has 2 N–H and O–H groups in total. The fraction of sp³-hybridized carbons (Fsp3) is 0.600. The minimum atomic E-state index is -3.62. The molecule has 0 saturated heterocycles. The number of hydrogen-bond acceptors (Lipinski definition) is 3. The Bertz CT molecular complexity index is 411. The maximum absolute atomic E-state index is 11.9. The monoisotopic (exact) mass is 299 g/mol. The van der Waals surface area contributed by atoms with Gasteiger partial charge in [-0.05, 0) is 31.0 Å². The van der Waals surface area contributed by atoms with Gasteiger partial charge in [0.2, 0.25) is 0 Å². The molecule has 1 rings (SSSR count). The van der Waals surface area contributed by atoms with Gasteiger partial charge in [-0.3, -0.25) is 0 Å². The van der Waals surface area contributed by atoms with E-state index in [2.05, 4.69) is 19.2 Å². The van der Waals surface area contributed by atoms with E-state index < -0.39 is 7.60 Å². The predicted molar refractivity (Wildman–Crippen MR) is 83.1 cm³/mol. The SMILES string of the molecule is CCCCC(CC)CNCP(=O)(O)Oc1ccccc1. The Morgan fingerprint density at radius 2 is 2.00 bits per heavy atom. The van der Waals surface area contributed by atoms with Crippen molar-refractivity contribution in [2.45, 2.75) is 39.5 Å². The minimum Gasteiger partial charge on any atom is -0.424 e. The zero-order valence-electron chi connectivity index (χ0n) is 12.4. The summed E-state index contributed by atoms with van der Waals surface area (Å²) in [5.41, 5.74) is 0. The second-order valence-electron chi connectivity index (χ2n) is 5.07. The molecule has 0 spiro atoms. The first-order chi connectivity index (χ1) is 9.57. The van der Waals surface area contributed by atoms with E-state index in [1.54, 1.807) is 24.3 Å². The molecular weight excluding hydrogens is 273 g/mol. The summed E-state index contributed by atoms with van der Waals surface area (Å²) in [6.07, 6.45) is 4.63. The highest BCUT2D eigenvalue weighted by Crippen LogP contribution is 2.41. The van der Waals surface area contributed by atoms with E-state index in [0.717, 1.165) is 19.4 Å². The van der Waals surface area contributed by atoms with Crippen LogP contribution in [0.15, 0.2) is 30.3 Å². The molecule has 0 radical (unpaired) electrons. The van der Waals surface area contributed by atoms with Gasteiger partial charge in [0, 0.05) is 0 Å². The van der Waals surface area contributed by atoms with Gasteiger partial charge in [0.25, 0.3) is 0 Å². The lowest BCUT2D eigenvalue weighted by atomic mass is 10.00. The summed E-state index contributed by atoms with van der Waals surface area (Å²) in [5, 5.41) is 3.07. The minimum absolute atomic E-state index is 0.00941. The van der Waals surface area contributed by atoms with Crippen LogP contribution in [-0.2, 0) is 4.57 Å². The number of hydrogen-bond donors (Lipinski definition) is 2. The van der Waals surface area contributed by atoms with Crippen molar-refractivity contribution >= 4 is 7.60 Å². The van der Waals surface area contributed by atoms with Crippen LogP contribution in [0.25, 0.3) is 0 Å². The highest BCUT2D eigenvalue weighted by Gasteiger charge is 2.20. The first kappa shape index (κ1) is 17.2. The van der Waals surface area contributed by atoms with Crippen LogP contribution >= 0.6 is 7.60 Å². The first-order valence-corrected chi connectivity index (χ1v) is 9.11. The van der Waals surface area contributed by atoms with Crippen molar-refractivity contribution in [3.8, 4) is 5.75 Å². The Hall–Kier alpha value is -0.830. The van der Waals surface area contributed by atoms with Crippen molar-refractivity contribution in [1.29, 1.82) is 0 Å². The van der Waals surface area contributed by atoms with Gasteiger partial charge >= 0.3 is 7.60 Å². The van der Waals surface area contributed by atoms with Gasteiger partial charge in [-0.1, -0.05) is 51.3 Å². The summed E-state index contributed by atoms with van der Waals surface area (Å²) < 4.78 is 17.1.